The zero-order valence-electron chi connectivity index (χ0n) is 12.6. The van der Waals surface area contributed by atoms with Crippen LogP contribution in [0.2, 0.25) is 0 Å². The molecule has 0 aliphatic heterocycles. The lowest BCUT2D eigenvalue weighted by molar-refractivity contribution is -0.132. The summed E-state index contributed by atoms with van der Waals surface area (Å²) in [7, 11) is 1.94. The molecule has 1 saturated carbocycles. The smallest absolute Gasteiger partial charge is 0.222 e. The average Bonchev–Trinajstić information content (AvgIpc) is 2.98. The molecule has 0 bridgehead atoms. The molecular formula is C17H25NO2. The molecule has 3 heteroatoms. The molecule has 110 valence electrons. The topological polar surface area (TPSA) is 29.5 Å². The van der Waals surface area contributed by atoms with Crippen molar-refractivity contribution in [3.8, 4) is 5.75 Å². The molecule has 20 heavy (non-hydrogen) atoms. The van der Waals surface area contributed by atoms with E-state index in [-0.39, 0.29) is 5.91 Å². The van der Waals surface area contributed by atoms with Gasteiger partial charge in [-0.3, -0.25) is 4.79 Å². The Bertz CT molecular complexity index is 421. The standard InChI is InChI=1S/C17H25NO2/c1-14-9-11-16(12-10-14)20-13-5-8-17(19)18(2)15-6-3-4-7-15/h9-12,15H,3-8,13H2,1-2H3. The van der Waals surface area contributed by atoms with E-state index >= 15 is 0 Å². The van der Waals surface area contributed by atoms with Gasteiger partial charge < -0.3 is 9.64 Å². The number of carbonyl (C=O) groups excluding carboxylic acids is 1. The Labute approximate surface area is 121 Å². The van der Waals surface area contributed by atoms with E-state index in [2.05, 4.69) is 6.92 Å². The molecule has 0 radical (unpaired) electrons. The van der Waals surface area contributed by atoms with Crippen molar-refractivity contribution >= 4 is 5.91 Å². The molecule has 0 N–H and O–H groups in total. The average molecular weight is 275 g/mol. The quantitative estimate of drug-likeness (QED) is 0.743. The van der Waals surface area contributed by atoms with E-state index in [1.807, 2.05) is 36.2 Å². The van der Waals surface area contributed by atoms with Gasteiger partial charge in [-0.25, -0.2) is 0 Å². The van der Waals surface area contributed by atoms with E-state index in [4.69, 9.17) is 4.74 Å². The number of benzene rings is 1. The SMILES string of the molecule is Cc1ccc(OCCCC(=O)N(C)C2CCCC2)cc1. The van der Waals surface area contributed by atoms with Crippen LogP contribution >= 0.6 is 0 Å². The van der Waals surface area contributed by atoms with Gasteiger partial charge >= 0.3 is 0 Å². The monoisotopic (exact) mass is 275 g/mol. The second-order valence-electron chi connectivity index (χ2n) is 5.71. The van der Waals surface area contributed by atoms with Gasteiger partial charge in [0, 0.05) is 19.5 Å². The predicted molar refractivity (Wildman–Crippen MR) is 80.9 cm³/mol. The van der Waals surface area contributed by atoms with Crippen LogP contribution in [0.4, 0.5) is 0 Å². The summed E-state index contributed by atoms with van der Waals surface area (Å²) >= 11 is 0. The van der Waals surface area contributed by atoms with Gasteiger partial charge in [-0.15, -0.1) is 0 Å². The molecular weight excluding hydrogens is 250 g/mol. The minimum absolute atomic E-state index is 0.254. The Hall–Kier alpha value is -1.51. The minimum Gasteiger partial charge on any atom is -0.494 e. The van der Waals surface area contributed by atoms with Crippen molar-refractivity contribution in [1.29, 1.82) is 0 Å². The summed E-state index contributed by atoms with van der Waals surface area (Å²) in [4.78, 5) is 14.0. The summed E-state index contributed by atoms with van der Waals surface area (Å²) in [6.45, 7) is 2.66. The van der Waals surface area contributed by atoms with Gasteiger partial charge in [-0.05, 0) is 38.3 Å². The van der Waals surface area contributed by atoms with Crippen LogP contribution < -0.4 is 4.74 Å². The third kappa shape index (κ3) is 4.26. The molecule has 1 amide bonds. The number of aryl methyl sites for hydroxylation is 1. The summed E-state index contributed by atoms with van der Waals surface area (Å²) in [5, 5.41) is 0. The van der Waals surface area contributed by atoms with E-state index in [0.29, 0.717) is 19.1 Å². The molecule has 1 aliphatic carbocycles. The highest BCUT2D eigenvalue weighted by Gasteiger charge is 2.22. The Kier molecular flexibility index (Phi) is 5.45. The van der Waals surface area contributed by atoms with Crippen molar-refractivity contribution in [1.82, 2.24) is 4.90 Å². The molecule has 1 aromatic carbocycles. The molecule has 0 atom stereocenters. The van der Waals surface area contributed by atoms with Crippen molar-refractivity contribution < 1.29 is 9.53 Å². The van der Waals surface area contributed by atoms with E-state index in [1.54, 1.807) is 0 Å². The van der Waals surface area contributed by atoms with Crippen molar-refractivity contribution in [2.75, 3.05) is 13.7 Å². The summed E-state index contributed by atoms with van der Waals surface area (Å²) in [5.41, 5.74) is 1.23. The first-order valence-electron chi connectivity index (χ1n) is 7.62. The van der Waals surface area contributed by atoms with Gasteiger partial charge in [0.25, 0.3) is 0 Å². The van der Waals surface area contributed by atoms with Crippen LogP contribution in [0.25, 0.3) is 0 Å². The minimum atomic E-state index is 0.254. The Morgan fingerprint density at radius 3 is 2.55 bits per heavy atom. The summed E-state index contributed by atoms with van der Waals surface area (Å²) in [6.07, 6.45) is 6.23. The molecule has 1 aromatic rings. The largest absolute Gasteiger partial charge is 0.494 e. The third-order valence-electron chi connectivity index (χ3n) is 4.09. The number of nitrogens with zero attached hydrogens (tertiary/aromatic N) is 1. The second-order valence-corrected chi connectivity index (χ2v) is 5.71. The Morgan fingerprint density at radius 2 is 1.90 bits per heavy atom. The highest BCUT2D eigenvalue weighted by molar-refractivity contribution is 5.76. The Balaban J connectivity index is 1.65. The molecule has 0 unspecified atom stereocenters. The number of ether oxygens (including phenoxy) is 1. The van der Waals surface area contributed by atoms with E-state index < -0.39 is 0 Å². The zero-order chi connectivity index (χ0) is 14.4. The maximum atomic E-state index is 12.1. The van der Waals surface area contributed by atoms with Crippen molar-refractivity contribution in [2.45, 2.75) is 51.5 Å². The number of hydrogen-bond donors (Lipinski definition) is 0. The molecule has 0 heterocycles. The van der Waals surface area contributed by atoms with Gasteiger partial charge in [-0.2, -0.15) is 0 Å². The van der Waals surface area contributed by atoms with Crippen LogP contribution in [0, 0.1) is 6.92 Å². The molecule has 0 saturated heterocycles. The van der Waals surface area contributed by atoms with Crippen molar-refractivity contribution in [3.63, 3.8) is 0 Å². The normalized spacial score (nSPS) is 15.3. The predicted octanol–water partition coefficient (Wildman–Crippen LogP) is 3.56. The summed E-state index contributed by atoms with van der Waals surface area (Å²) in [5.74, 6) is 1.14. The third-order valence-corrected chi connectivity index (χ3v) is 4.09. The lowest BCUT2D eigenvalue weighted by Gasteiger charge is -2.24. The lowest BCUT2D eigenvalue weighted by Crippen LogP contribution is -2.35. The lowest BCUT2D eigenvalue weighted by atomic mass is 10.2. The zero-order valence-corrected chi connectivity index (χ0v) is 12.6. The van der Waals surface area contributed by atoms with Crippen LogP contribution in [0.3, 0.4) is 0 Å². The van der Waals surface area contributed by atoms with Gasteiger partial charge in [0.15, 0.2) is 0 Å². The number of hydrogen-bond acceptors (Lipinski definition) is 2. The number of rotatable bonds is 6. The number of carbonyl (C=O) groups is 1. The molecule has 0 spiro atoms. The van der Waals surface area contributed by atoms with E-state index in [1.165, 1.54) is 31.2 Å². The number of amides is 1. The second kappa shape index (κ2) is 7.32. The van der Waals surface area contributed by atoms with Crippen molar-refractivity contribution in [3.05, 3.63) is 29.8 Å². The highest BCUT2D eigenvalue weighted by Crippen LogP contribution is 2.23. The van der Waals surface area contributed by atoms with Gasteiger partial charge in [-0.1, -0.05) is 30.5 Å². The van der Waals surface area contributed by atoms with Gasteiger partial charge in [0.1, 0.15) is 5.75 Å². The van der Waals surface area contributed by atoms with Gasteiger partial charge in [0.05, 0.1) is 6.61 Å². The summed E-state index contributed by atoms with van der Waals surface area (Å²) in [6, 6.07) is 8.49. The fourth-order valence-corrected chi connectivity index (χ4v) is 2.72. The maximum Gasteiger partial charge on any atom is 0.222 e. The first-order valence-corrected chi connectivity index (χ1v) is 7.62. The van der Waals surface area contributed by atoms with E-state index in [0.717, 1.165) is 12.2 Å². The maximum absolute atomic E-state index is 12.1. The summed E-state index contributed by atoms with van der Waals surface area (Å²) < 4.78 is 5.65. The van der Waals surface area contributed by atoms with Crippen LogP contribution in [0.15, 0.2) is 24.3 Å². The van der Waals surface area contributed by atoms with Crippen LogP contribution in [-0.4, -0.2) is 30.5 Å². The Morgan fingerprint density at radius 1 is 1.25 bits per heavy atom. The molecule has 2 rings (SSSR count). The molecule has 1 aliphatic rings. The molecule has 3 nitrogen and oxygen atoms in total. The molecule has 0 aromatic heterocycles. The van der Waals surface area contributed by atoms with Crippen molar-refractivity contribution in [2.24, 2.45) is 0 Å². The van der Waals surface area contributed by atoms with Crippen LogP contribution in [-0.2, 0) is 4.79 Å². The fourth-order valence-electron chi connectivity index (χ4n) is 2.72. The fraction of sp³-hybridized carbons (Fsp3) is 0.588. The highest BCUT2D eigenvalue weighted by atomic mass is 16.5. The van der Waals surface area contributed by atoms with E-state index in [9.17, 15) is 4.79 Å². The first-order chi connectivity index (χ1) is 9.66. The first kappa shape index (κ1) is 14.9. The van der Waals surface area contributed by atoms with Gasteiger partial charge in [0.2, 0.25) is 5.91 Å². The molecule has 1 fully saturated rings. The van der Waals surface area contributed by atoms with Crippen LogP contribution in [0.1, 0.15) is 44.1 Å². The van der Waals surface area contributed by atoms with Crippen LogP contribution in [0.5, 0.6) is 5.75 Å².